The summed E-state index contributed by atoms with van der Waals surface area (Å²) in [4.78, 5) is 8.71. The number of rotatable bonds is 8. The molecule has 0 aliphatic rings. The summed E-state index contributed by atoms with van der Waals surface area (Å²) in [6.07, 6.45) is 2.66. The summed E-state index contributed by atoms with van der Waals surface area (Å²) in [5, 5.41) is 6.76. The zero-order valence-electron chi connectivity index (χ0n) is 8.00. The third-order valence-electron chi connectivity index (χ3n) is 0.911. The number of hydrogen-bond acceptors (Lipinski definition) is 7. The Morgan fingerprint density at radius 1 is 1.07 bits per heavy atom. The molecular formula is C6H13N2O5P. The minimum absolute atomic E-state index is 0.0764. The van der Waals surface area contributed by atoms with Crippen molar-refractivity contribution in [3.8, 4) is 0 Å². The quantitative estimate of drug-likeness (QED) is 0.344. The van der Waals surface area contributed by atoms with Crippen LogP contribution in [0.15, 0.2) is 10.3 Å². The second kappa shape index (κ2) is 10.2. The van der Waals surface area contributed by atoms with Crippen LogP contribution in [0.25, 0.3) is 0 Å². The topological polar surface area (TPSA) is 78.7 Å². The molecule has 0 radical (unpaired) electrons. The lowest BCUT2D eigenvalue weighted by molar-refractivity contribution is 0.208. The van der Waals surface area contributed by atoms with Gasteiger partial charge in [-0.05, 0) is 0 Å². The summed E-state index contributed by atoms with van der Waals surface area (Å²) in [5.41, 5.74) is 0. The molecular weight excluding hydrogens is 211 g/mol. The molecule has 0 saturated carbocycles. The molecule has 8 heteroatoms. The maximum atomic E-state index is 10.9. The van der Waals surface area contributed by atoms with E-state index in [9.17, 15) is 4.57 Å². The SMILES string of the molecule is CON=CCO[PH](=O)OCC=NOC. The smallest absolute Gasteiger partial charge is 0.319 e. The zero-order chi connectivity index (χ0) is 10.6. The van der Waals surface area contributed by atoms with Crippen LogP contribution in [0.4, 0.5) is 0 Å². The van der Waals surface area contributed by atoms with E-state index in [1.54, 1.807) is 0 Å². The summed E-state index contributed by atoms with van der Waals surface area (Å²) in [6.45, 7) is 0.153. The Labute approximate surface area is 82.6 Å². The van der Waals surface area contributed by atoms with Crippen LogP contribution in [0.2, 0.25) is 0 Å². The summed E-state index contributed by atoms with van der Waals surface area (Å²) in [7, 11) is 0.306. The zero-order valence-corrected chi connectivity index (χ0v) is 9.00. The fourth-order valence-electron chi connectivity index (χ4n) is 0.462. The van der Waals surface area contributed by atoms with E-state index in [1.165, 1.54) is 26.6 Å². The Bertz CT molecular complexity index is 188. The Morgan fingerprint density at radius 2 is 1.50 bits per heavy atom. The van der Waals surface area contributed by atoms with Crippen molar-refractivity contribution in [1.29, 1.82) is 0 Å². The third-order valence-corrected chi connectivity index (χ3v) is 1.72. The summed E-state index contributed by atoms with van der Waals surface area (Å²) >= 11 is 0. The molecule has 0 fully saturated rings. The minimum Gasteiger partial charge on any atom is -0.399 e. The molecule has 0 heterocycles. The Kier molecular flexibility index (Phi) is 9.51. The Balaban J connectivity index is 3.37. The van der Waals surface area contributed by atoms with Gasteiger partial charge < -0.3 is 18.7 Å². The van der Waals surface area contributed by atoms with Gasteiger partial charge in [0.1, 0.15) is 14.2 Å². The predicted molar refractivity (Wildman–Crippen MR) is 51.9 cm³/mol. The van der Waals surface area contributed by atoms with Crippen molar-refractivity contribution in [2.24, 2.45) is 10.3 Å². The van der Waals surface area contributed by atoms with E-state index in [-0.39, 0.29) is 13.2 Å². The molecule has 0 rings (SSSR count). The molecule has 0 bridgehead atoms. The number of nitrogens with zero attached hydrogens (tertiary/aromatic N) is 2. The Hall–Kier alpha value is -0.910. The highest BCUT2D eigenvalue weighted by molar-refractivity contribution is 7.33. The molecule has 82 valence electrons. The fourth-order valence-corrected chi connectivity index (χ4v) is 0.967. The molecule has 0 unspecified atom stereocenters. The van der Waals surface area contributed by atoms with Gasteiger partial charge in [-0.3, -0.25) is 4.57 Å². The van der Waals surface area contributed by atoms with Crippen molar-refractivity contribution in [2.45, 2.75) is 0 Å². The lowest BCUT2D eigenvalue weighted by Crippen LogP contribution is -1.93. The van der Waals surface area contributed by atoms with Gasteiger partial charge in [-0.1, -0.05) is 10.3 Å². The molecule has 0 aromatic carbocycles. The molecule has 14 heavy (non-hydrogen) atoms. The van der Waals surface area contributed by atoms with E-state index in [4.69, 9.17) is 9.05 Å². The average molecular weight is 224 g/mol. The molecule has 0 aromatic heterocycles. The van der Waals surface area contributed by atoms with Crippen molar-refractivity contribution in [1.82, 2.24) is 0 Å². The molecule has 0 N–H and O–H groups in total. The molecule has 0 saturated heterocycles. The van der Waals surface area contributed by atoms with Crippen molar-refractivity contribution in [2.75, 3.05) is 27.4 Å². The van der Waals surface area contributed by atoms with Gasteiger partial charge in [0.2, 0.25) is 0 Å². The van der Waals surface area contributed by atoms with Crippen LogP contribution >= 0.6 is 8.25 Å². The second-order valence-corrected chi connectivity index (χ2v) is 2.89. The molecule has 0 amide bonds. The van der Waals surface area contributed by atoms with E-state index < -0.39 is 8.25 Å². The lowest BCUT2D eigenvalue weighted by atomic mass is 10.8. The van der Waals surface area contributed by atoms with Gasteiger partial charge in [0.05, 0.1) is 25.6 Å². The van der Waals surface area contributed by atoms with Crippen LogP contribution in [0.1, 0.15) is 0 Å². The van der Waals surface area contributed by atoms with Crippen molar-refractivity contribution >= 4 is 20.7 Å². The maximum absolute atomic E-state index is 10.9. The van der Waals surface area contributed by atoms with Gasteiger partial charge in [0.15, 0.2) is 0 Å². The maximum Gasteiger partial charge on any atom is 0.319 e. The standard InChI is InChI=1S/C6H13N2O5P/c1-10-7-3-5-12-14(9)13-6-4-8-11-2/h3-4,14H,5-6H2,1-2H3. The molecule has 0 aromatic rings. The highest BCUT2D eigenvalue weighted by atomic mass is 31.1. The summed E-state index contributed by atoms with van der Waals surface area (Å²) in [6, 6.07) is 0. The third kappa shape index (κ3) is 9.18. The van der Waals surface area contributed by atoms with Crippen LogP contribution in [0.5, 0.6) is 0 Å². The van der Waals surface area contributed by atoms with E-state index >= 15 is 0 Å². The highest BCUT2D eigenvalue weighted by Gasteiger charge is 1.95. The van der Waals surface area contributed by atoms with Crippen molar-refractivity contribution < 1.29 is 23.3 Å². The van der Waals surface area contributed by atoms with Gasteiger partial charge >= 0.3 is 8.25 Å². The first-order chi connectivity index (χ1) is 6.81. The first-order valence-electron chi connectivity index (χ1n) is 3.70. The normalized spacial score (nSPS) is 13.6. The van der Waals surface area contributed by atoms with Crippen molar-refractivity contribution in [3.63, 3.8) is 0 Å². The van der Waals surface area contributed by atoms with Gasteiger partial charge in [0, 0.05) is 0 Å². The first-order valence-corrected chi connectivity index (χ1v) is 4.93. The molecule has 0 spiro atoms. The van der Waals surface area contributed by atoms with Crippen LogP contribution in [0, 0.1) is 0 Å². The van der Waals surface area contributed by atoms with Gasteiger partial charge in [-0.25, -0.2) is 0 Å². The predicted octanol–water partition coefficient (Wildman–Crippen LogP) is 0.674. The van der Waals surface area contributed by atoms with E-state index in [0.29, 0.717) is 0 Å². The summed E-state index contributed by atoms with van der Waals surface area (Å²) in [5.74, 6) is 0. The fraction of sp³-hybridized carbons (Fsp3) is 0.667. The number of hydrogen-bond donors (Lipinski definition) is 0. The van der Waals surface area contributed by atoms with Crippen molar-refractivity contribution in [3.05, 3.63) is 0 Å². The minimum atomic E-state index is -2.49. The highest BCUT2D eigenvalue weighted by Crippen LogP contribution is 2.21. The monoisotopic (exact) mass is 224 g/mol. The largest absolute Gasteiger partial charge is 0.399 e. The van der Waals surface area contributed by atoms with E-state index in [2.05, 4.69) is 20.0 Å². The van der Waals surface area contributed by atoms with Crippen LogP contribution in [-0.2, 0) is 23.3 Å². The van der Waals surface area contributed by atoms with Gasteiger partial charge in [-0.15, -0.1) is 0 Å². The lowest BCUT2D eigenvalue weighted by Gasteiger charge is -1.99. The van der Waals surface area contributed by atoms with E-state index in [0.717, 1.165) is 0 Å². The average Bonchev–Trinajstić information content (AvgIpc) is 2.19. The van der Waals surface area contributed by atoms with Gasteiger partial charge in [-0.2, -0.15) is 0 Å². The number of oxime groups is 2. The molecule has 0 aliphatic carbocycles. The molecule has 0 atom stereocenters. The summed E-state index contributed by atoms with van der Waals surface area (Å²) < 4.78 is 20.3. The molecule has 7 nitrogen and oxygen atoms in total. The van der Waals surface area contributed by atoms with Crippen LogP contribution in [0.3, 0.4) is 0 Å². The van der Waals surface area contributed by atoms with Crippen LogP contribution in [-0.4, -0.2) is 39.9 Å². The molecule has 0 aliphatic heterocycles. The van der Waals surface area contributed by atoms with E-state index in [1.807, 2.05) is 0 Å². The van der Waals surface area contributed by atoms with Gasteiger partial charge in [0.25, 0.3) is 0 Å². The first kappa shape index (κ1) is 13.1. The second-order valence-electron chi connectivity index (χ2n) is 1.81. The Morgan fingerprint density at radius 3 is 1.86 bits per heavy atom. The van der Waals surface area contributed by atoms with Crippen LogP contribution < -0.4 is 0 Å².